The van der Waals surface area contributed by atoms with E-state index in [9.17, 15) is 4.79 Å². The normalized spacial score (nSPS) is 10.6. The fourth-order valence-corrected chi connectivity index (χ4v) is 1.60. The molecule has 8 heteroatoms. The van der Waals surface area contributed by atoms with Gasteiger partial charge in [-0.1, -0.05) is 0 Å². The molecule has 0 spiro atoms. The summed E-state index contributed by atoms with van der Waals surface area (Å²) in [5.41, 5.74) is 0.291. The molecule has 2 heterocycles. The van der Waals surface area contributed by atoms with Gasteiger partial charge in [-0.15, -0.1) is 0 Å². The van der Waals surface area contributed by atoms with Crippen LogP contribution in [0, 0.1) is 4.77 Å². The van der Waals surface area contributed by atoms with Crippen LogP contribution in [0.4, 0.5) is 0 Å². The molecule has 0 aliphatic heterocycles. The molecule has 2 aromatic heterocycles. The molecule has 0 atom stereocenters. The van der Waals surface area contributed by atoms with Gasteiger partial charge in [0.25, 0.3) is 5.56 Å². The second-order valence-electron chi connectivity index (χ2n) is 3.30. The summed E-state index contributed by atoms with van der Waals surface area (Å²) in [5, 5.41) is 13.0. The van der Waals surface area contributed by atoms with E-state index < -0.39 is 0 Å². The summed E-state index contributed by atoms with van der Waals surface area (Å²) >= 11 is 5.10. The predicted octanol–water partition coefficient (Wildman–Crippen LogP) is 0.337. The van der Waals surface area contributed by atoms with E-state index in [1.165, 1.54) is 6.07 Å². The Balaban J connectivity index is 2.41. The van der Waals surface area contributed by atoms with Crippen LogP contribution in [-0.4, -0.2) is 38.7 Å². The Labute approximate surface area is 101 Å². The first kappa shape index (κ1) is 11.7. The zero-order valence-corrected chi connectivity index (χ0v) is 9.95. The predicted molar refractivity (Wildman–Crippen MR) is 63.1 cm³/mol. The molecule has 2 aromatic rings. The third-order valence-corrected chi connectivity index (χ3v) is 2.50. The van der Waals surface area contributed by atoms with Gasteiger partial charge in [-0.25, -0.2) is 5.10 Å². The molecule has 7 nitrogen and oxygen atoms in total. The van der Waals surface area contributed by atoms with Crippen molar-refractivity contribution in [3.05, 3.63) is 27.3 Å². The summed E-state index contributed by atoms with van der Waals surface area (Å²) in [6, 6.07) is 2.98. The van der Waals surface area contributed by atoms with Crippen LogP contribution in [0.3, 0.4) is 0 Å². The summed E-state index contributed by atoms with van der Waals surface area (Å²) in [4.78, 5) is 10.9. The van der Waals surface area contributed by atoms with Gasteiger partial charge in [-0.05, 0) is 18.3 Å². The fraction of sp³-hybridized carbons (Fsp3) is 0.333. The summed E-state index contributed by atoms with van der Waals surface area (Å²) in [6.45, 7) is 1.09. The Bertz CT molecular complexity index is 594. The maximum Gasteiger partial charge on any atom is 0.264 e. The van der Waals surface area contributed by atoms with Gasteiger partial charge in [0, 0.05) is 13.2 Å². The van der Waals surface area contributed by atoms with E-state index in [1.807, 2.05) is 0 Å². The monoisotopic (exact) mass is 253 g/mol. The molecule has 0 fully saturated rings. The molecule has 0 saturated heterocycles. The Morgan fingerprint density at radius 1 is 1.41 bits per heavy atom. The number of rotatable bonds is 4. The lowest BCUT2D eigenvalue weighted by Gasteiger charge is -2.04. The third-order valence-electron chi connectivity index (χ3n) is 2.19. The Kier molecular flexibility index (Phi) is 3.45. The van der Waals surface area contributed by atoms with Crippen molar-refractivity contribution < 1.29 is 4.74 Å². The SMILES string of the molecule is COCCn1c(-c2ccc(=O)[nH]n2)n[nH]c1=S. The second-order valence-corrected chi connectivity index (χ2v) is 3.69. The minimum absolute atomic E-state index is 0.258. The van der Waals surface area contributed by atoms with E-state index in [2.05, 4.69) is 20.4 Å². The van der Waals surface area contributed by atoms with Gasteiger partial charge in [0.1, 0.15) is 5.69 Å². The highest BCUT2D eigenvalue weighted by Gasteiger charge is 2.09. The molecule has 0 radical (unpaired) electrons. The molecular weight excluding hydrogens is 242 g/mol. The van der Waals surface area contributed by atoms with Gasteiger partial charge in [0.05, 0.1) is 13.2 Å². The van der Waals surface area contributed by atoms with Crippen molar-refractivity contribution in [1.29, 1.82) is 0 Å². The highest BCUT2D eigenvalue weighted by molar-refractivity contribution is 7.71. The van der Waals surface area contributed by atoms with Gasteiger partial charge in [-0.3, -0.25) is 14.5 Å². The van der Waals surface area contributed by atoms with E-state index in [4.69, 9.17) is 17.0 Å². The molecule has 17 heavy (non-hydrogen) atoms. The number of hydrogen-bond donors (Lipinski definition) is 2. The lowest BCUT2D eigenvalue weighted by atomic mass is 10.3. The Morgan fingerprint density at radius 2 is 2.24 bits per heavy atom. The maximum absolute atomic E-state index is 10.9. The van der Waals surface area contributed by atoms with E-state index >= 15 is 0 Å². The number of nitrogens with one attached hydrogen (secondary N) is 2. The van der Waals surface area contributed by atoms with Crippen molar-refractivity contribution >= 4 is 12.2 Å². The number of ether oxygens (including phenoxy) is 1. The number of nitrogens with zero attached hydrogens (tertiary/aromatic N) is 3. The molecule has 0 saturated carbocycles. The Morgan fingerprint density at radius 3 is 2.88 bits per heavy atom. The lowest BCUT2D eigenvalue weighted by molar-refractivity contribution is 0.187. The maximum atomic E-state index is 10.9. The summed E-state index contributed by atoms with van der Waals surface area (Å²) in [5.74, 6) is 0.573. The number of hydrogen-bond acceptors (Lipinski definition) is 5. The largest absolute Gasteiger partial charge is 0.383 e. The Hall–Kier alpha value is -1.80. The zero-order valence-electron chi connectivity index (χ0n) is 9.14. The topological polar surface area (TPSA) is 88.6 Å². The van der Waals surface area contributed by atoms with E-state index in [0.717, 1.165) is 0 Å². The molecule has 0 aliphatic rings. The number of methoxy groups -OCH3 is 1. The molecule has 0 unspecified atom stereocenters. The van der Waals surface area contributed by atoms with Crippen molar-refractivity contribution in [2.45, 2.75) is 6.54 Å². The van der Waals surface area contributed by atoms with Crippen molar-refractivity contribution in [3.8, 4) is 11.5 Å². The first-order chi connectivity index (χ1) is 8.22. The zero-order chi connectivity index (χ0) is 12.3. The number of aromatic amines is 2. The molecule has 0 aromatic carbocycles. The average molecular weight is 253 g/mol. The molecule has 90 valence electrons. The average Bonchev–Trinajstić information content (AvgIpc) is 2.69. The van der Waals surface area contributed by atoms with Crippen LogP contribution in [0.25, 0.3) is 11.5 Å². The molecule has 0 amide bonds. The van der Waals surface area contributed by atoms with E-state index in [1.54, 1.807) is 17.7 Å². The van der Waals surface area contributed by atoms with Crippen LogP contribution in [0.2, 0.25) is 0 Å². The smallest absolute Gasteiger partial charge is 0.264 e. The minimum atomic E-state index is -0.258. The molecule has 0 bridgehead atoms. The number of aromatic nitrogens is 5. The van der Waals surface area contributed by atoms with Gasteiger partial charge >= 0.3 is 0 Å². The first-order valence-electron chi connectivity index (χ1n) is 4.92. The van der Waals surface area contributed by atoms with Gasteiger partial charge < -0.3 is 4.74 Å². The van der Waals surface area contributed by atoms with Crippen LogP contribution in [-0.2, 0) is 11.3 Å². The summed E-state index contributed by atoms with van der Waals surface area (Å²) in [7, 11) is 1.61. The highest BCUT2D eigenvalue weighted by atomic mass is 32.1. The van der Waals surface area contributed by atoms with E-state index in [0.29, 0.717) is 29.4 Å². The highest BCUT2D eigenvalue weighted by Crippen LogP contribution is 2.12. The molecule has 2 rings (SSSR count). The fourth-order valence-electron chi connectivity index (χ4n) is 1.37. The van der Waals surface area contributed by atoms with Crippen LogP contribution in [0.1, 0.15) is 0 Å². The van der Waals surface area contributed by atoms with Crippen molar-refractivity contribution in [2.75, 3.05) is 13.7 Å². The van der Waals surface area contributed by atoms with Crippen LogP contribution < -0.4 is 5.56 Å². The quantitative estimate of drug-likeness (QED) is 0.767. The minimum Gasteiger partial charge on any atom is -0.383 e. The second kappa shape index (κ2) is 5.02. The van der Waals surface area contributed by atoms with Gasteiger partial charge in [0.2, 0.25) is 0 Å². The number of H-pyrrole nitrogens is 2. The van der Waals surface area contributed by atoms with Gasteiger partial charge in [-0.2, -0.15) is 10.2 Å². The standard InChI is InChI=1S/C9H11N5O2S/c1-16-5-4-14-8(12-13-9(14)17)6-2-3-7(15)11-10-6/h2-3H,4-5H2,1H3,(H,11,15)(H,13,17). The first-order valence-corrected chi connectivity index (χ1v) is 5.33. The van der Waals surface area contributed by atoms with Crippen LogP contribution in [0.5, 0.6) is 0 Å². The molecule has 0 aliphatic carbocycles. The van der Waals surface area contributed by atoms with E-state index in [-0.39, 0.29) is 5.56 Å². The summed E-state index contributed by atoms with van der Waals surface area (Å²) < 4.78 is 7.25. The van der Waals surface area contributed by atoms with Gasteiger partial charge in [0.15, 0.2) is 10.6 Å². The van der Waals surface area contributed by atoms with Crippen LogP contribution >= 0.6 is 12.2 Å². The molecule has 2 N–H and O–H groups in total. The van der Waals surface area contributed by atoms with Crippen molar-refractivity contribution in [2.24, 2.45) is 0 Å². The van der Waals surface area contributed by atoms with Crippen LogP contribution in [0.15, 0.2) is 16.9 Å². The third kappa shape index (κ3) is 2.48. The van der Waals surface area contributed by atoms with Crippen molar-refractivity contribution in [3.63, 3.8) is 0 Å². The summed E-state index contributed by atoms with van der Waals surface area (Å²) in [6.07, 6.45) is 0. The lowest BCUT2D eigenvalue weighted by Crippen LogP contribution is -2.10. The van der Waals surface area contributed by atoms with Crippen molar-refractivity contribution in [1.82, 2.24) is 25.0 Å². The molecular formula is C9H11N5O2S.